The Hall–Kier alpha value is -1.53. The van der Waals surface area contributed by atoms with Gasteiger partial charge in [-0.25, -0.2) is 0 Å². The van der Waals surface area contributed by atoms with Gasteiger partial charge < -0.3 is 0 Å². The monoisotopic (exact) mass is 548 g/mol. The first-order valence-electron chi connectivity index (χ1n) is 11.0. The van der Waals surface area contributed by atoms with Crippen LogP contribution in [0, 0.1) is 0 Å². The summed E-state index contributed by atoms with van der Waals surface area (Å²) in [7, 11) is 0. The summed E-state index contributed by atoms with van der Waals surface area (Å²) in [4.78, 5) is 24.7. The van der Waals surface area contributed by atoms with Crippen molar-refractivity contribution in [1.29, 1.82) is 0 Å². The van der Waals surface area contributed by atoms with Crippen molar-refractivity contribution in [2.75, 3.05) is 13.2 Å². The van der Waals surface area contributed by atoms with Gasteiger partial charge in [0, 0.05) is 0 Å². The topological polar surface area (TPSA) is 52.6 Å². The summed E-state index contributed by atoms with van der Waals surface area (Å²) in [5.41, 5.74) is 1.60. The number of hydrogen-bond donors (Lipinski definition) is 0. The van der Waals surface area contributed by atoms with Gasteiger partial charge in [0.1, 0.15) is 0 Å². The molecule has 0 radical (unpaired) electrons. The molecule has 0 fully saturated rings. The van der Waals surface area contributed by atoms with Crippen molar-refractivity contribution in [2.45, 2.75) is 53.8 Å². The summed E-state index contributed by atoms with van der Waals surface area (Å²) in [6.07, 6.45) is 2.92. The van der Waals surface area contributed by atoms with Crippen molar-refractivity contribution >= 4 is 35.8 Å². The van der Waals surface area contributed by atoms with E-state index >= 15 is 0 Å². The van der Waals surface area contributed by atoms with Crippen LogP contribution in [-0.2, 0) is 0 Å². The molecule has 0 aliphatic rings. The van der Waals surface area contributed by atoms with Crippen molar-refractivity contribution in [3.05, 3.63) is 59.7 Å². The Kier molecular flexibility index (Phi) is 9.43. The van der Waals surface area contributed by atoms with Crippen LogP contribution < -0.4 is 9.47 Å². The number of ether oxygens (including phenoxy) is 2. The molecule has 168 valence electrons. The van der Waals surface area contributed by atoms with Gasteiger partial charge in [-0.2, -0.15) is 0 Å². The third-order valence-electron chi connectivity index (χ3n) is 4.92. The summed E-state index contributed by atoms with van der Waals surface area (Å²) < 4.78 is 12.2. The number of carbonyl (C=O) groups is 2. The van der Waals surface area contributed by atoms with Crippen molar-refractivity contribution in [3.8, 4) is 11.5 Å². The molecule has 0 saturated heterocycles. The molecule has 4 nitrogen and oxygen atoms in total. The molecule has 0 amide bonds. The molecule has 0 bridgehead atoms. The van der Waals surface area contributed by atoms with E-state index in [-0.39, 0.29) is 0 Å². The summed E-state index contributed by atoms with van der Waals surface area (Å²) in [5, 5.41) is 0. The van der Waals surface area contributed by atoms with Crippen LogP contribution in [0.25, 0.3) is 0 Å². The molecule has 0 aliphatic carbocycles. The second-order valence-electron chi connectivity index (χ2n) is 9.96. The fraction of sp³-hybridized carbons (Fsp3) is 0.440. The number of unbranched alkanes of at least 4 members (excludes halogenated alkanes) is 2. The van der Waals surface area contributed by atoms with E-state index in [4.69, 9.17) is 9.47 Å². The van der Waals surface area contributed by atoms with Gasteiger partial charge in [-0.1, -0.05) is 0 Å². The second kappa shape index (κ2) is 11.4. The molecule has 0 atom stereocenters. The standard InChI is InChI=1S/C25H36Ge2O4/c1-26(2,3)24(28)20-10-14-22(15-11-20)30-18-8-7-9-19-31-23-16-12-21(13-17-23)25(29)27(4,5)6/h10-17H,7-9,18-19H2,1-6H3. The first-order chi connectivity index (χ1) is 14.5. The number of carbonyl (C=O) groups excluding carboxylic acids is 2. The molecule has 0 heterocycles. The Morgan fingerprint density at radius 1 is 0.581 bits per heavy atom. The molecule has 0 N–H and O–H groups in total. The molecular formula is C25H36Ge2O4. The third-order valence-corrected chi connectivity index (χ3v) is 11.8. The third kappa shape index (κ3) is 8.49. The molecule has 0 aliphatic heterocycles. The Morgan fingerprint density at radius 2 is 0.903 bits per heavy atom. The van der Waals surface area contributed by atoms with Crippen molar-refractivity contribution in [1.82, 2.24) is 0 Å². The average Bonchev–Trinajstić information content (AvgIpc) is 2.71. The normalized spacial score (nSPS) is 11.8. The van der Waals surface area contributed by atoms with Gasteiger partial charge in [-0.15, -0.1) is 0 Å². The molecule has 0 aromatic heterocycles. The van der Waals surface area contributed by atoms with Crippen LogP contribution in [0.2, 0.25) is 34.5 Å². The van der Waals surface area contributed by atoms with Crippen molar-refractivity contribution in [2.24, 2.45) is 0 Å². The Balaban J connectivity index is 1.64. The minimum absolute atomic E-state index is 0.324. The van der Waals surface area contributed by atoms with Crippen LogP contribution in [0.15, 0.2) is 48.5 Å². The fourth-order valence-corrected chi connectivity index (χ4v) is 7.37. The molecular weight excluding hydrogens is 509 g/mol. The fourth-order valence-electron chi connectivity index (χ4n) is 3.03. The SMILES string of the molecule is [CH3][Ge]([CH3])([CH3])[C](=O)c1ccc(OCCCCCOc2ccc([C](=O)[Ge]([CH3])([CH3])[CH3])cc2)cc1. The van der Waals surface area contributed by atoms with E-state index in [1.165, 1.54) is 0 Å². The summed E-state index contributed by atoms with van der Waals surface area (Å²) >= 11 is -4.62. The molecule has 31 heavy (non-hydrogen) atoms. The van der Waals surface area contributed by atoms with E-state index in [0.29, 0.717) is 22.4 Å². The first kappa shape index (κ1) is 25.7. The van der Waals surface area contributed by atoms with Gasteiger partial charge in [-0.05, 0) is 0 Å². The zero-order chi connectivity index (χ0) is 23.1. The molecule has 0 saturated carbocycles. The minimum atomic E-state index is -2.31. The van der Waals surface area contributed by atoms with Crippen LogP contribution in [0.3, 0.4) is 0 Å². The maximum atomic E-state index is 12.3. The van der Waals surface area contributed by atoms with E-state index in [1.54, 1.807) is 0 Å². The van der Waals surface area contributed by atoms with E-state index in [2.05, 4.69) is 34.5 Å². The van der Waals surface area contributed by atoms with Gasteiger partial charge in [0.15, 0.2) is 0 Å². The van der Waals surface area contributed by atoms with E-state index < -0.39 is 26.5 Å². The van der Waals surface area contributed by atoms with Crippen LogP contribution in [0.4, 0.5) is 0 Å². The zero-order valence-corrected chi connectivity index (χ0v) is 24.0. The first-order valence-corrected chi connectivity index (χ1v) is 25.7. The summed E-state index contributed by atoms with van der Waals surface area (Å²) in [6.45, 7) is 1.30. The van der Waals surface area contributed by atoms with Crippen LogP contribution in [-0.4, -0.2) is 49.0 Å². The number of benzene rings is 2. The summed E-state index contributed by atoms with van der Waals surface area (Å²) in [5.74, 6) is 14.3. The Bertz CT molecular complexity index is 787. The molecule has 2 rings (SSSR count). The van der Waals surface area contributed by atoms with Crippen LogP contribution in [0.5, 0.6) is 11.5 Å². The predicted molar refractivity (Wildman–Crippen MR) is 133 cm³/mol. The van der Waals surface area contributed by atoms with Gasteiger partial charge in [0.05, 0.1) is 0 Å². The van der Waals surface area contributed by atoms with Gasteiger partial charge in [-0.3, -0.25) is 0 Å². The van der Waals surface area contributed by atoms with E-state index in [1.807, 2.05) is 48.5 Å². The van der Waals surface area contributed by atoms with Gasteiger partial charge >= 0.3 is 193 Å². The molecule has 0 unspecified atom stereocenters. The number of hydrogen-bond acceptors (Lipinski definition) is 4. The zero-order valence-electron chi connectivity index (χ0n) is 19.8. The van der Waals surface area contributed by atoms with Gasteiger partial charge in [0.2, 0.25) is 0 Å². The molecule has 2 aromatic carbocycles. The Labute approximate surface area is 192 Å². The molecule has 0 spiro atoms. The quantitative estimate of drug-likeness (QED) is 0.228. The second-order valence-corrected chi connectivity index (χ2v) is 30.8. The average molecular weight is 546 g/mol. The van der Waals surface area contributed by atoms with Crippen molar-refractivity contribution in [3.63, 3.8) is 0 Å². The van der Waals surface area contributed by atoms with Crippen LogP contribution in [0.1, 0.15) is 40.0 Å². The number of rotatable bonds is 12. The maximum absolute atomic E-state index is 12.3. The van der Waals surface area contributed by atoms with E-state index in [9.17, 15) is 9.59 Å². The summed E-state index contributed by atoms with van der Waals surface area (Å²) in [6, 6.07) is 15.1. The Morgan fingerprint density at radius 3 is 1.19 bits per heavy atom. The predicted octanol–water partition coefficient (Wildman–Crippen LogP) is 6.43. The van der Waals surface area contributed by atoms with Gasteiger partial charge in [0.25, 0.3) is 0 Å². The van der Waals surface area contributed by atoms with Crippen LogP contribution >= 0.6 is 0 Å². The molecule has 6 heteroatoms. The van der Waals surface area contributed by atoms with E-state index in [0.717, 1.165) is 41.9 Å². The van der Waals surface area contributed by atoms with Crippen molar-refractivity contribution < 1.29 is 19.1 Å². The molecule has 2 aromatic rings.